The van der Waals surface area contributed by atoms with Gasteiger partial charge in [-0.3, -0.25) is 9.48 Å². The van der Waals surface area contributed by atoms with Crippen LogP contribution in [0.15, 0.2) is 34.9 Å². The lowest BCUT2D eigenvalue weighted by molar-refractivity contribution is -0.116. The number of halogens is 1. The molecule has 1 N–H and O–H groups in total. The highest BCUT2D eigenvalue weighted by atomic mass is 79.9. The van der Waals surface area contributed by atoms with E-state index in [9.17, 15) is 4.79 Å². The molecule has 0 atom stereocenters. The zero-order valence-electron chi connectivity index (χ0n) is 11.4. The number of aryl methyl sites for hydroxylation is 2. The number of hydrogen-bond acceptors (Lipinski definition) is 3. The van der Waals surface area contributed by atoms with Crippen LogP contribution < -0.4 is 10.1 Å². The molecule has 0 saturated carbocycles. The van der Waals surface area contributed by atoms with Crippen molar-refractivity contribution >= 4 is 27.5 Å². The predicted octanol–water partition coefficient (Wildman–Crippen LogP) is 2.99. The van der Waals surface area contributed by atoms with Gasteiger partial charge in [-0.15, -0.1) is 0 Å². The van der Waals surface area contributed by atoms with Gasteiger partial charge < -0.3 is 10.1 Å². The van der Waals surface area contributed by atoms with E-state index in [0.717, 1.165) is 21.6 Å². The van der Waals surface area contributed by atoms with E-state index < -0.39 is 0 Å². The summed E-state index contributed by atoms with van der Waals surface area (Å²) < 4.78 is 7.82. The molecular formula is C14H16BrN3O2. The summed E-state index contributed by atoms with van der Waals surface area (Å²) in [5, 5.41) is 7.12. The molecule has 1 heterocycles. The summed E-state index contributed by atoms with van der Waals surface area (Å²) in [6.07, 6.45) is 2.24. The molecule has 6 heteroatoms. The Morgan fingerprint density at radius 1 is 1.50 bits per heavy atom. The number of nitrogens with zero attached hydrogens (tertiary/aromatic N) is 2. The van der Waals surface area contributed by atoms with Gasteiger partial charge in [0.05, 0.1) is 17.3 Å². The number of amides is 1. The second-order valence-electron chi connectivity index (χ2n) is 4.36. The first-order valence-corrected chi connectivity index (χ1v) is 7.01. The topological polar surface area (TPSA) is 56.1 Å². The predicted molar refractivity (Wildman–Crippen MR) is 80.9 cm³/mol. The van der Waals surface area contributed by atoms with Gasteiger partial charge in [0.25, 0.3) is 0 Å². The van der Waals surface area contributed by atoms with Crippen molar-refractivity contribution in [1.82, 2.24) is 9.78 Å². The lowest BCUT2D eigenvalue weighted by atomic mass is 10.3. The fourth-order valence-electron chi connectivity index (χ4n) is 1.75. The number of rotatable bonds is 5. The molecule has 0 bridgehead atoms. The highest BCUT2D eigenvalue weighted by Gasteiger charge is 2.06. The van der Waals surface area contributed by atoms with Gasteiger partial charge >= 0.3 is 0 Å². The summed E-state index contributed by atoms with van der Waals surface area (Å²) in [4.78, 5) is 11.9. The Morgan fingerprint density at radius 3 is 2.95 bits per heavy atom. The zero-order valence-corrected chi connectivity index (χ0v) is 13.0. The second kappa shape index (κ2) is 6.56. The zero-order chi connectivity index (χ0) is 14.5. The molecule has 20 heavy (non-hydrogen) atoms. The van der Waals surface area contributed by atoms with E-state index >= 15 is 0 Å². The van der Waals surface area contributed by atoms with Gasteiger partial charge in [0.2, 0.25) is 5.91 Å². The van der Waals surface area contributed by atoms with Crippen LogP contribution in [0.3, 0.4) is 0 Å². The van der Waals surface area contributed by atoms with Crippen molar-refractivity contribution in [3.05, 3.63) is 40.6 Å². The summed E-state index contributed by atoms with van der Waals surface area (Å²) >= 11 is 3.39. The van der Waals surface area contributed by atoms with Gasteiger partial charge in [-0.2, -0.15) is 5.10 Å². The van der Waals surface area contributed by atoms with Crippen molar-refractivity contribution in [1.29, 1.82) is 0 Å². The van der Waals surface area contributed by atoms with E-state index in [1.54, 1.807) is 17.9 Å². The summed E-state index contributed by atoms with van der Waals surface area (Å²) in [5.41, 5.74) is 1.64. The summed E-state index contributed by atoms with van der Waals surface area (Å²) in [6.45, 7) is 2.46. The van der Waals surface area contributed by atoms with Gasteiger partial charge in [0.1, 0.15) is 5.75 Å². The molecule has 106 valence electrons. The standard InChI is InChI=1S/C14H16BrN3O2/c1-10-13(15)9-18(17-10)7-6-14(19)16-11-4-3-5-12(8-11)20-2/h3-5,8-9H,6-7H2,1-2H3,(H,16,19). The molecular weight excluding hydrogens is 322 g/mol. The highest BCUT2D eigenvalue weighted by molar-refractivity contribution is 9.10. The first-order valence-electron chi connectivity index (χ1n) is 6.22. The van der Waals surface area contributed by atoms with Crippen LogP contribution in [-0.4, -0.2) is 22.8 Å². The molecule has 0 aliphatic carbocycles. The van der Waals surface area contributed by atoms with E-state index in [-0.39, 0.29) is 5.91 Å². The molecule has 0 aliphatic heterocycles. The van der Waals surface area contributed by atoms with Crippen LogP contribution in [0.2, 0.25) is 0 Å². The maximum atomic E-state index is 11.9. The van der Waals surface area contributed by atoms with E-state index in [1.807, 2.05) is 31.3 Å². The maximum Gasteiger partial charge on any atom is 0.226 e. The van der Waals surface area contributed by atoms with Gasteiger partial charge in [-0.25, -0.2) is 0 Å². The van der Waals surface area contributed by atoms with Crippen LogP contribution in [0.4, 0.5) is 5.69 Å². The van der Waals surface area contributed by atoms with Crippen molar-refractivity contribution in [2.75, 3.05) is 12.4 Å². The van der Waals surface area contributed by atoms with E-state index in [2.05, 4.69) is 26.3 Å². The minimum Gasteiger partial charge on any atom is -0.497 e. The van der Waals surface area contributed by atoms with Crippen LogP contribution in [0.1, 0.15) is 12.1 Å². The Labute approximate surface area is 126 Å². The second-order valence-corrected chi connectivity index (χ2v) is 5.21. The number of hydrogen-bond donors (Lipinski definition) is 1. The van der Waals surface area contributed by atoms with Crippen LogP contribution >= 0.6 is 15.9 Å². The monoisotopic (exact) mass is 337 g/mol. The quantitative estimate of drug-likeness (QED) is 0.912. The van der Waals surface area contributed by atoms with Crippen molar-refractivity contribution in [2.45, 2.75) is 19.9 Å². The number of methoxy groups -OCH3 is 1. The highest BCUT2D eigenvalue weighted by Crippen LogP contribution is 2.17. The van der Waals surface area contributed by atoms with Crippen molar-refractivity contribution in [3.8, 4) is 5.75 Å². The molecule has 5 nitrogen and oxygen atoms in total. The fraction of sp³-hybridized carbons (Fsp3) is 0.286. The van der Waals surface area contributed by atoms with Crippen LogP contribution in [0, 0.1) is 6.92 Å². The first-order chi connectivity index (χ1) is 9.58. The number of carbonyl (C=O) groups is 1. The molecule has 0 spiro atoms. The number of nitrogens with one attached hydrogen (secondary N) is 1. The van der Waals surface area contributed by atoms with Gasteiger partial charge in [0.15, 0.2) is 0 Å². The molecule has 0 radical (unpaired) electrons. The van der Waals surface area contributed by atoms with Gasteiger partial charge in [-0.1, -0.05) is 6.07 Å². The van der Waals surface area contributed by atoms with Gasteiger partial charge in [0, 0.05) is 30.9 Å². The molecule has 0 aliphatic rings. The third-order valence-corrected chi connectivity index (χ3v) is 3.59. The van der Waals surface area contributed by atoms with Crippen molar-refractivity contribution in [3.63, 3.8) is 0 Å². The largest absolute Gasteiger partial charge is 0.497 e. The summed E-state index contributed by atoms with van der Waals surface area (Å²) in [7, 11) is 1.60. The minimum absolute atomic E-state index is 0.0532. The Hall–Kier alpha value is -1.82. The average Bonchev–Trinajstić information content (AvgIpc) is 2.76. The molecule has 0 fully saturated rings. The Kier molecular flexibility index (Phi) is 4.79. The average molecular weight is 338 g/mol. The number of ether oxygens (including phenoxy) is 1. The minimum atomic E-state index is -0.0532. The third-order valence-electron chi connectivity index (χ3n) is 2.81. The first kappa shape index (κ1) is 14.6. The lowest BCUT2D eigenvalue weighted by Gasteiger charge is -2.07. The number of benzene rings is 1. The molecule has 2 aromatic rings. The lowest BCUT2D eigenvalue weighted by Crippen LogP contribution is -2.14. The van der Waals surface area contributed by atoms with E-state index in [0.29, 0.717) is 13.0 Å². The van der Waals surface area contributed by atoms with Crippen LogP contribution in [0.5, 0.6) is 5.75 Å². The molecule has 2 rings (SSSR count). The molecule has 0 unspecified atom stereocenters. The van der Waals surface area contributed by atoms with Gasteiger partial charge in [-0.05, 0) is 35.0 Å². The SMILES string of the molecule is COc1cccc(NC(=O)CCn2cc(Br)c(C)n2)c1. The number of aromatic nitrogens is 2. The normalized spacial score (nSPS) is 10.3. The van der Waals surface area contributed by atoms with Crippen molar-refractivity contribution in [2.24, 2.45) is 0 Å². The van der Waals surface area contributed by atoms with E-state index in [1.165, 1.54) is 0 Å². The Balaban J connectivity index is 1.89. The number of carbonyl (C=O) groups excluding carboxylic acids is 1. The summed E-state index contributed by atoms with van der Waals surface area (Å²) in [5.74, 6) is 0.664. The maximum absolute atomic E-state index is 11.9. The van der Waals surface area contributed by atoms with E-state index in [4.69, 9.17) is 4.74 Å². The fourth-order valence-corrected chi connectivity index (χ4v) is 2.06. The van der Waals surface area contributed by atoms with Crippen molar-refractivity contribution < 1.29 is 9.53 Å². The van der Waals surface area contributed by atoms with Crippen LogP contribution in [-0.2, 0) is 11.3 Å². The Bertz CT molecular complexity index is 591. The molecule has 1 aromatic heterocycles. The smallest absolute Gasteiger partial charge is 0.226 e. The molecule has 1 amide bonds. The Morgan fingerprint density at radius 2 is 2.30 bits per heavy atom. The number of anilines is 1. The molecule has 0 saturated heterocycles. The molecule has 1 aromatic carbocycles. The summed E-state index contributed by atoms with van der Waals surface area (Å²) in [6, 6.07) is 7.28. The van der Waals surface area contributed by atoms with Crippen LogP contribution in [0.25, 0.3) is 0 Å². The third kappa shape index (κ3) is 3.84.